The summed E-state index contributed by atoms with van der Waals surface area (Å²) in [6, 6.07) is 10.9. The second-order valence-corrected chi connectivity index (χ2v) is 3.93. The quantitative estimate of drug-likeness (QED) is 0.836. The molecule has 5 heteroatoms. The van der Waals surface area contributed by atoms with Crippen molar-refractivity contribution in [2.45, 2.75) is 12.8 Å². The van der Waals surface area contributed by atoms with Gasteiger partial charge in [-0.3, -0.25) is 9.78 Å². The molecule has 3 N–H and O–H groups in total. The van der Waals surface area contributed by atoms with Crippen LogP contribution in [-0.4, -0.2) is 9.97 Å². The van der Waals surface area contributed by atoms with Gasteiger partial charge in [0.05, 0.1) is 17.3 Å². The van der Waals surface area contributed by atoms with E-state index in [1.807, 2.05) is 12.1 Å². The molecular weight excluding hydrogens is 228 g/mol. The van der Waals surface area contributed by atoms with E-state index >= 15 is 0 Å². The molecule has 0 radical (unpaired) electrons. The van der Waals surface area contributed by atoms with Crippen LogP contribution in [0.2, 0.25) is 0 Å². The third kappa shape index (κ3) is 2.95. The van der Waals surface area contributed by atoms with Gasteiger partial charge in [0.1, 0.15) is 0 Å². The van der Waals surface area contributed by atoms with Gasteiger partial charge in [0.15, 0.2) is 0 Å². The van der Waals surface area contributed by atoms with Crippen LogP contribution in [0, 0.1) is 11.3 Å². The van der Waals surface area contributed by atoms with E-state index in [4.69, 9.17) is 11.0 Å². The first-order valence-corrected chi connectivity index (χ1v) is 5.52. The number of nitrogen functional groups attached to an aromatic ring is 1. The first-order valence-electron chi connectivity index (χ1n) is 5.52. The van der Waals surface area contributed by atoms with Crippen molar-refractivity contribution in [1.82, 2.24) is 9.97 Å². The number of aromatic nitrogens is 2. The predicted molar refractivity (Wildman–Crippen MR) is 67.8 cm³/mol. The summed E-state index contributed by atoms with van der Waals surface area (Å²) in [6.07, 6.45) is 1.39. The number of hydrogen-bond donors (Lipinski definition) is 2. The van der Waals surface area contributed by atoms with Crippen LogP contribution in [0.5, 0.6) is 0 Å². The molecule has 90 valence electrons. The molecule has 0 saturated carbocycles. The van der Waals surface area contributed by atoms with Gasteiger partial charge in [-0.1, -0.05) is 12.1 Å². The van der Waals surface area contributed by atoms with E-state index in [9.17, 15) is 4.79 Å². The summed E-state index contributed by atoms with van der Waals surface area (Å²) in [6.45, 7) is 0. The van der Waals surface area contributed by atoms with Gasteiger partial charge < -0.3 is 5.73 Å². The number of anilines is 1. The molecule has 0 unspecified atom stereocenters. The highest BCUT2D eigenvalue weighted by atomic mass is 16.1. The van der Waals surface area contributed by atoms with Crippen molar-refractivity contribution in [3.8, 4) is 6.07 Å². The number of nitrogens with two attached hydrogens (primary N) is 1. The van der Waals surface area contributed by atoms with Crippen LogP contribution in [0.15, 0.2) is 35.1 Å². The van der Waals surface area contributed by atoms with Crippen molar-refractivity contribution in [1.29, 1.82) is 5.26 Å². The zero-order chi connectivity index (χ0) is 13.0. The van der Waals surface area contributed by atoms with Gasteiger partial charge in [-0.25, -0.2) is 4.98 Å². The Bertz CT molecular complexity index is 637. The standard InChI is InChI=1S/C13H12N4O/c14-8-10-3-1-9(2-4-10)5-6-11-7-12(18)17-13(15)16-11/h1-4,7H,5-6H2,(H3,15,16,17,18). The van der Waals surface area contributed by atoms with Gasteiger partial charge in [-0.05, 0) is 30.5 Å². The van der Waals surface area contributed by atoms with E-state index in [-0.39, 0.29) is 11.5 Å². The highest BCUT2D eigenvalue weighted by Crippen LogP contribution is 2.07. The lowest BCUT2D eigenvalue weighted by Gasteiger charge is -2.02. The van der Waals surface area contributed by atoms with E-state index < -0.39 is 0 Å². The summed E-state index contributed by atoms with van der Waals surface area (Å²) >= 11 is 0. The lowest BCUT2D eigenvalue weighted by molar-refractivity contribution is 0.898. The first-order chi connectivity index (χ1) is 8.67. The minimum atomic E-state index is -0.239. The predicted octanol–water partition coefficient (Wildman–Crippen LogP) is 1.01. The Balaban J connectivity index is 2.06. The summed E-state index contributed by atoms with van der Waals surface area (Å²) in [5.41, 5.74) is 7.62. The summed E-state index contributed by atoms with van der Waals surface area (Å²) in [4.78, 5) is 17.6. The van der Waals surface area contributed by atoms with Crippen molar-refractivity contribution in [2.24, 2.45) is 0 Å². The second kappa shape index (κ2) is 5.15. The second-order valence-electron chi connectivity index (χ2n) is 3.93. The van der Waals surface area contributed by atoms with Gasteiger partial charge in [-0.15, -0.1) is 0 Å². The molecular formula is C13H12N4O. The number of hydrogen-bond acceptors (Lipinski definition) is 4. The Labute approximate surface area is 104 Å². The lowest BCUT2D eigenvalue weighted by Crippen LogP contribution is -2.12. The molecule has 0 amide bonds. The molecule has 0 bridgehead atoms. The molecule has 0 aliphatic rings. The van der Waals surface area contributed by atoms with Crippen molar-refractivity contribution in [3.63, 3.8) is 0 Å². The van der Waals surface area contributed by atoms with E-state index in [2.05, 4.69) is 16.0 Å². The number of aromatic amines is 1. The molecule has 1 heterocycles. The van der Waals surface area contributed by atoms with Gasteiger partial charge in [0.2, 0.25) is 5.95 Å². The molecule has 0 fully saturated rings. The van der Waals surface area contributed by atoms with Crippen LogP contribution in [-0.2, 0) is 12.8 Å². The number of benzene rings is 1. The highest BCUT2D eigenvalue weighted by molar-refractivity contribution is 5.32. The normalized spacial score (nSPS) is 9.94. The van der Waals surface area contributed by atoms with Gasteiger partial charge in [0, 0.05) is 6.07 Å². The highest BCUT2D eigenvalue weighted by Gasteiger charge is 2.00. The number of nitriles is 1. The average molecular weight is 240 g/mol. The van der Waals surface area contributed by atoms with E-state index in [1.165, 1.54) is 6.07 Å². The van der Waals surface area contributed by atoms with E-state index in [0.29, 0.717) is 17.7 Å². The molecule has 0 spiro atoms. The Morgan fingerprint density at radius 3 is 2.61 bits per heavy atom. The van der Waals surface area contributed by atoms with E-state index in [1.54, 1.807) is 12.1 Å². The molecule has 5 nitrogen and oxygen atoms in total. The number of aryl methyl sites for hydroxylation is 2. The Morgan fingerprint density at radius 2 is 2.00 bits per heavy atom. The van der Waals surface area contributed by atoms with Gasteiger partial charge in [0.25, 0.3) is 5.56 Å². The summed E-state index contributed by atoms with van der Waals surface area (Å²) in [5, 5.41) is 8.69. The number of nitrogens with zero attached hydrogens (tertiary/aromatic N) is 2. The maximum Gasteiger partial charge on any atom is 0.252 e. The third-order valence-electron chi connectivity index (χ3n) is 2.57. The van der Waals surface area contributed by atoms with Crippen LogP contribution in [0.25, 0.3) is 0 Å². The first kappa shape index (κ1) is 11.9. The number of nitrogens with one attached hydrogen (secondary N) is 1. The average Bonchev–Trinajstić information content (AvgIpc) is 2.36. The minimum Gasteiger partial charge on any atom is -0.369 e. The fraction of sp³-hybridized carbons (Fsp3) is 0.154. The molecule has 0 atom stereocenters. The molecule has 2 aromatic rings. The smallest absolute Gasteiger partial charge is 0.252 e. The number of H-pyrrole nitrogens is 1. The van der Waals surface area contributed by atoms with Crippen LogP contribution < -0.4 is 11.3 Å². The fourth-order valence-electron chi connectivity index (χ4n) is 1.68. The van der Waals surface area contributed by atoms with Crippen molar-refractivity contribution in [2.75, 3.05) is 5.73 Å². The van der Waals surface area contributed by atoms with Gasteiger partial charge >= 0.3 is 0 Å². The fourth-order valence-corrected chi connectivity index (χ4v) is 1.68. The summed E-state index contributed by atoms with van der Waals surface area (Å²) in [5.74, 6) is 0.136. The monoisotopic (exact) mass is 240 g/mol. The molecule has 0 saturated heterocycles. The summed E-state index contributed by atoms with van der Waals surface area (Å²) in [7, 11) is 0. The topological polar surface area (TPSA) is 95.6 Å². The Hall–Kier alpha value is -2.61. The lowest BCUT2D eigenvalue weighted by atomic mass is 10.1. The Morgan fingerprint density at radius 1 is 1.28 bits per heavy atom. The molecule has 0 aliphatic carbocycles. The SMILES string of the molecule is N#Cc1ccc(CCc2cc(=O)[nH]c(N)n2)cc1. The molecule has 18 heavy (non-hydrogen) atoms. The molecule has 1 aromatic heterocycles. The van der Waals surface area contributed by atoms with Crippen LogP contribution in [0.1, 0.15) is 16.8 Å². The zero-order valence-corrected chi connectivity index (χ0v) is 9.68. The van der Waals surface area contributed by atoms with Crippen molar-refractivity contribution >= 4 is 5.95 Å². The molecule has 1 aromatic carbocycles. The molecule has 2 rings (SSSR count). The van der Waals surface area contributed by atoms with Gasteiger partial charge in [-0.2, -0.15) is 5.26 Å². The zero-order valence-electron chi connectivity index (χ0n) is 9.68. The van der Waals surface area contributed by atoms with Crippen LogP contribution in [0.3, 0.4) is 0 Å². The maximum absolute atomic E-state index is 11.2. The van der Waals surface area contributed by atoms with Crippen LogP contribution >= 0.6 is 0 Å². The third-order valence-corrected chi connectivity index (χ3v) is 2.57. The Kier molecular flexibility index (Phi) is 3.39. The minimum absolute atomic E-state index is 0.136. The van der Waals surface area contributed by atoms with Crippen molar-refractivity contribution in [3.05, 3.63) is 57.5 Å². The number of rotatable bonds is 3. The maximum atomic E-state index is 11.2. The summed E-state index contributed by atoms with van der Waals surface area (Å²) < 4.78 is 0. The largest absolute Gasteiger partial charge is 0.369 e. The van der Waals surface area contributed by atoms with Crippen molar-refractivity contribution < 1.29 is 0 Å². The van der Waals surface area contributed by atoms with Crippen LogP contribution in [0.4, 0.5) is 5.95 Å². The van der Waals surface area contributed by atoms with E-state index in [0.717, 1.165) is 12.0 Å². The molecule has 0 aliphatic heterocycles.